The molecule has 0 aliphatic carbocycles. The van der Waals surface area contributed by atoms with E-state index in [9.17, 15) is 4.79 Å². The van der Waals surface area contributed by atoms with Gasteiger partial charge < -0.3 is 10.1 Å². The van der Waals surface area contributed by atoms with Gasteiger partial charge in [-0.3, -0.25) is 4.79 Å². The SMILES string of the molecule is CNC(c1ccc(C)cc1)C(C)SCC(=O)OC. The smallest absolute Gasteiger partial charge is 0.315 e. The fraction of sp³-hybridized carbons (Fsp3) is 0.500. The van der Waals surface area contributed by atoms with Gasteiger partial charge in [0, 0.05) is 11.3 Å². The highest BCUT2D eigenvalue weighted by molar-refractivity contribution is 8.00. The van der Waals surface area contributed by atoms with Crippen LogP contribution in [0, 0.1) is 6.92 Å². The summed E-state index contributed by atoms with van der Waals surface area (Å²) in [5, 5.41) is 3.61. The number of benzene rings is 1. The van der Waals surface area contributed by atoms with Gasteiger partial charge in [0.2, 0.25) is 0 Å². The molecule has 0 spiro atoms. The fourth-order valence-corrected chi connectivity index (χ4v) is 2.80. The Morgan fingerprint density at radius 2 is 2.00 bits per heavy atom. The van der Waals surface area contributed by atoms with E-state index in [1.54, 1.807) is 11.8 Å². The van der Waals surface area contributed by atoms with Crippen LogP contribution in [-0.2, 0) is 9.53 Å². The number of thioether (sulfide) groups is 1. The van der Waals surface area contributed by atoms with Crippen LogP contribution in [0.1, 0.15) is 24.1 Å². The molecule has 0 saturated carbocycles. The summed E-state index contributed by atoms with van der Waals surface area (Å²) in [6.45, 7) is 4.20. The fourth-order valence-electron chi connectivity index (χ4n) is 1.80. The van der Waals surface area contributed by atoms with Crippen LogP contribution in [0.25, 0.3) is 0 Å². The largest absolute Gasteiger partial charge is 0.468 e. The van der Waals surface area contributed by atoms with E-state index in [1.165, 1.54) is 18.2 Å². The van der Waals surface area contributed by atoms with Crippen molar-refractivity contribution in [2.24, 2.45) is 0 Å². The molecule has 2 unspecified atom stereocenters. The summed E-state index contributed by atoms with van der Waals surface area (Å²) >= 11 is 1.60. The standard InChI is InChI=1S/C14H21NO2S/c1-10-5-7-12(8-6-10)14(15-3)11(2)18-9-13(16)17-4/h5-8,11,14-15H,9H2,1-4H3. The highest BCUT2D eigenvalue weighted by Crippen LogP contribution is 2.26. The molecule has 3 nitrogen and oxygen atoms in total. The molecule has 0 radical (unpaired) electrons. The lowest BCUT2D eigenvalue weighted by molar-refractivity contribution is -0.137. The van der Waals surface area contributed by atoms with Gasteiger partial charge in [0.25, 0.3) is 0 Å². The summed E-state index contributed by atoms with van der Waals surface area (Å²) in [7, 11) is 3.36. The first-order valence-electron chi connectivity index (χ1n) is 6.00. The molecule has 0 aliphatic heterocycles. The van der Waals surface area contributed by atoms with Crippen molar-refractivity contribution in [2.75, 3.05) is 19.9 Å². The molecule has 1 N–H and O–H groups in total. The Hall–Kier alpha value is -1.00. The van der Waals surface area contributed by atoms with Gasteiger partial charge in [0.15, 0.2) is 0 Å². The Kier molecular flexibility index (Phi) is 6.22. The number of esters is 1. The topological polar surface area (TPSA) is 38.3 Å². The van der Waals surface area contributed by atoms with E-state index < -0.39 is 0 Å². The highest BCUT2D eigenvalue weighted by atomic mass is 32.2. The number of carbonyl (C=O) groups is 1. The number of nitrogens with one attached hydrogen (secondary N) is 1. The number of ether oxygens (including phenoxy) is 1. The number of carbonyl (C=O) groups excluding carboxylic acids is 1. The van der Waals surface area contributed by atoms with E-state index >= 15 is 0 Å². The zero-order valence-electron chi connectivity index (χ0n) is 11.4. The van der Waals surface area contributed by atoms with E-state index in [-0.39, 0.29) is 12.0 Å². The van der Waals surface area contributed by atoms with Crippen molar-refractivity contribution < 1.29 is 9.53 Å². The van der Waals surface area contributed by atoms with Crippen molar-refractivity contribution in [3.8, 4) is 0 Å². The third-order valence-electron chi connectivity index (χ3n) is 2.91. The Balaban J connectivity index is 2.64. The van der Waals surface area contributed by atoms with E-state index in [0.29, 0.717) is 11.0 Å². The van der Waals surface area contributed by atoms with Crippen LogP contribution in [0.2, 0.25) is 0 Å². The lowest BCUT2D eigenvalue weighted by atomic mass is 10.0. The van der Waals surface area contributed by atoms with Gasteiger partial charge in [-0.15, -0.1) is 11.8 Å². The van der Waals surface area contributed by atoms with Crippen molar-refractivity contribution in [3.63, 3.8) is 0 Å². The quantitative estimate of drug-likeness (QED) is 0.804. The number of rotatable bonds is 6. The summed E-state index contributed by atoms with van der Waals surface area (Å²) < 4.78 is 4.66. The van der Waals surface area contributed by atoms with Crippen molar-refractivity contribution in [3.05, 3.63) is 35.4 Å². The van der Waals surface area contributed by atoms with Gasteiger partial charge in [-0.1, -0.05) is 36.8 Å². The minimum atomic E-state index is -0.175. The van der Waals surface area contributed by atoms with E-state index in [0.717, 1.165) is 0 Å². The second-order valence-electron chi connectivity index (χ2n) is 4.27. The monoisotopic (exact) mass is 267 g/mol. The molecular formula is C14H21NO2S. The zero-order valence-corrected chi connectivity index (χ0v) is 12.2. The molecule has 0 aliphatic rings. The molecule has 1 rings (SSSR count). The average Bonchev–Trinajstić information content (AvgIpc) is 2.39. The van der Waals surface area contributed by atoms with Crippen LogP contribution in [0.4, 0.5) is 0 Å². The van der Waals surface area contributed by atoms with Gasteiger partial charge in [-0.2, -0.15) is 0 Å². The summed E-state index contributed by atoms with van der Waals surface area (Å²) in [6.07, 6.45) is 0. The normalized spacial score (nSPS) is 14.0. The zero-order chi connectivity index (χ0) is 13.5. The lowest BCUT2D eigenvalue weighted by Gasteiger charge is -2.23. The maximum absolute atomic E-state index is 11.1. The van der Waals surface area contributed by atoms with Crippen molar-refractivity contribution in [1.82, 2.24) is 5.32 Å². The summed E-state index contributed by atoms with van der Waals surface area (Å²) in [5.74, 6) is 0.215. The minimum absolute atomic E-state index is 0.175. The molecule has 18 heavy (non-hydrogen) atoms. The van der Waals surface area contributed by atoms with Gasteiger partial charge in [-0.05, 0) is 19.5 Å². The summed E-state index contributed by atoms with van der Waals surface area (Å²) in [6, 6.07) is 8.71. The number of aryl methyl sites for hydroxylation is 1. The van der Waals surface area contributed by atoms with Gasteiger partial charge in [0.1, 0.15) is 0 Å². The number of methoxy groups -OCH3 is 1. The molecule has 100 valence electrons. The van der Waals surface area contributed by atoms with Crippen molar-refractivity contribution in [2.45, 2.75) is 25.1 Å². The first-order valence-corrected chi connectivity index (χ1v) is 7.05. The molecule has 4 heteroatoms. The summed E-state index contributed by atoms with van der Waals surface area (Å²) in [5.41, 5.74) is 2.50. The van der Waals surface area contributed by atoms with Crippen LogP contribution in [0.3, 0.4) is 0 Å². The second-order valence-corrected chi connectivity index (χ2v) is 5.63. The minimum Gasteiger partial charge on any atom is -0.468 e. The van der Waals surface area contributed by atoms with Crippen molar-refractivity contribution >= 4 is 17.7 Å². The van der Waals surface area contributed by atoms with Crippen LogP contribution in [0.15, 0.2) is 24.3 Å². The second kappa shape index (κ2) is 7.44. The molecule has 0 fully saturated rings. The average molecular weight is 267 g/mol. The van der Waals surface area contributed by atoms with Crippen LogP contribution >= 0.6 is 11.8 Å². The molecule has 0 bridgehead atoms. The summed E-state index contributed by atoms with van der Waals surface area (Å²) in [4.78, 5) is 11.1. The van der Waals surface area contributed by atoms with Gasteiger partial charge >= 0.3 is 5.97 Å². The van der Waals surface area contributed by atoms with E-state index in [2.05, 4.69) is 48.2 Å². The maximum Gasteiger partial charge on any atom is 0.315 e. The Morgan fingerprint density at radius 1 is 1.39 bits per heavy atom. The Labute approximate surface area is 113 Å². The van der Waals surface area contributed by atoms with E-state index in [4.69, 9.17) is 0 Å². The van der Waals surface area contributed by atoms with Crippen LogP contribution in [0.5, 0.6) is 0 Å². The molecule has 1 aromatic rings. The van der Waals surface area contributed by atoms with E-state index in [1.807, 2.05) is 7.05 Å². The Morgan fingerprint density at radius 3 is 2.50 bits per heavy atom. The molecular weight excluding hydrogens is 246 g/mol. The predicted octanol–water partition coefficient (Wildman–Crippen LogP) is 2.55. The highest BCUT2D eigenvalue weighted by Gasteiger charge is 2.19. The van der Waals surface area contributed by atoms with Crippen molar-refractivity contribution in [1.29, 1.82) is 0 Å². The predicted molar refractivity (Wildman–Crippen MR) is 76.9 cm³/mol. The van der Waals surface area contributed by atoms with Gasteiger partial charge in [0.05, 0.1) is 12.9 Å². The van der Waals surface area contributed by atoms with Gasteiger partial charge in [-0.25, -0.2) is 0 Å². The number of hydrogen-bond acceptors (Lipinski definition) is 4. The molecule has 0 saturated heterocycles. The van der Waals surface area contributed by atoms with Crippen LogP contribution in [-0.4, -0.2) is 31.1 Å². The first kappa shape index (κ1) is 15.1. The third-order valence-corrected chi connectivity index (χ3v) is 4.11. The first-order chi connectivity index (χ1) is 8.58. The molecule has 2 atom stereocenters. The third kappa shape index (κ3) is 4.35. The molecule has 0 amide bonds. The Bertz CT molecular complexity index is 378. The number of hydrogen-bond donors (Lipinski definition) is 1. The van der Waals surface area contributed by atoms with Crippen LogP contribution < -0.4 is 5.32 Å². The molecule has 1 aromatic carbocycles. The maximum atomic E-state index is 11.1. The molecule has 0 heterocycles. The lowest BCUT2D eigenvalue weighted by Crippen LogP contribution is -2.26. The molecule has 0 aromatic heterocycles.